The molecule has 0 saturated carbocycles. The number of para-hydroxylation sites is 1. The average Bonchev–Trinajstić information content (AvgIpc) is 2.45. The van der Waals surface area contributed by atoms with Crippen molar-refractivity contribution in [2.24, 2.45) is 0 Å². The Morgan fingerprint density at radius 1 is 1.25 bits per heavy atom. The van der Waals surface area contributed by atoms with Gasteiger partial charge in [0.05, 0.1) is 0 Å². The molecule has 0 atom stereocenters. The molecule has 1 amide bonds. The SMILES string of the molecule is Cc1cnccc1CNC(=O)CCc1ccccc1N. The first kappa shape index (κ1) is 14.1. The first-order valence-electron chi connectivity index (χ1n) is 6.66. The summed E-state index contributed by atoms with van der Waals surface area (Å²) in [5.74, 6) is 0.0319. The van der Waals surface area contributed by atoms with Crippen LogP contribution in [0.25, 0.3) is 0 Å². The van der Waals surface area contributed by atoms with Gasteiger partial charge in [-0.05, 0) is 42.2 Å². The van der Waals surface area contributed by atoms with Gasteiger partial charge in [0.25, 0.3) is 0 Å². The normalized spacial score (nSPS) is 10.2. The monoisotopic (exact) mass is 269 g/mol. The minimum Gasteiger partial charge on any atom is -0.399 e. The molecule has 0 aliphatic rings. The zero-order valence-electron chi connectivity index (χ0n) is 11.6. The lowest BCUT2D eigenvalue weighted by Crippen LogP contribution is -2.23. The highest BCUT2D eigenvalue weighted by atomic mass is 16.1. The summed E-state index contributed by atoms with van der Waals surface area (Å²) in [6.07, 6.45) is 4.64. The maximum Gasteiger partial charge on any atom is 0.220 e. The fourth-order valence-corrected chi connectivity index (χ4v) is 1.99. The van der Waals surface area contributed by atoms with Gasteiger partial charge in [-0.3, -0.25) is 9.78 Å². The molecule has 4 nitrogen and oxygen atoms in total. The maximum absolute atomic E-state index is 11.8. The van der Waals surface area contributed by atoms with Crippen molar-refractivity contribution < 1.29 is 4.79 Å². The molecule has 2 aromatic rings. The summed E-state index contributed by atoms with van der Waals surface area (Å²) < 4.78 is 0. The Bertz CT molecular complexity index is 544. The van der Waals surface area contributed by atoms with Gasteiger partial charge < -0.3 is 11.1 Å². The van der Waals surface area contributed by atoms with E-state index in [1.807, 2.05) is 37.3 Å². The van der Waals surface area contributed by atoms with E-state index in [4.69, 9.17) is 5.73 Å². The average molecular weight is 269 g/mol. The van der Waals surface area contributed by atoms with Crippen LogP contribution in [0.4, 0.5) is 5.69 Å². The molecule has 0 aliphatic carbocycles. The van der Waals surface area contributed by atoms with Crippen molar-refractivity contribution >= 4 is 11.6 Å². The molecule has 1 aromatic heterocycles. The van der Waals surface area contributed by atoms with Crippen LogP contribution in [0.15, 0.2) is 42.7 Å². The summed E-state index contributed by atoms with van der Waals surface area (Å²) in [6.45, 7) is 2.52. The predicted octanol–water partition coefficient (Wildman–Crippen LogP) is 2.22. The number of anilines is 1. The van der Waals surface area contributed by atoms with Crippen LogP contribution in [0, 0.1) is 6.92 Å². The summed E-state index contributed by atoms with van der Waals surface area (Å²) in [6, 6.07) is 9.56. The molecule has 0 aliphatic heterocycles. The molecule has 3 N–H and O–H groups in total. The van der Waals surface area contributed by atoms with Gasteiger partial charge in [0, 0.05) is 31.0 Å². The van der Waals surface area contributed by atoms with Gasteiger partial charge >= 0.3 is 0 Å². The van der Waals surface area contributed by atoms with Crippen molar-refractivity contribution in [3.05, 3.63) is 59.4 Å². The van der Waals surface area contributed by atoms with Crippen molar-refractivity contribution in [2.75, 3.05) is 5.73 Å². The number of rotatable bonds is 5. The Morgan fingerprint density at radius 3 is 2.80 bits per heavy atom. The highest BCUT2D eigenvalue weighted by molar-refractivity contribution is 5.76. The van der Waals surface area contributed by atoms with Crippen molar-refractivity contribution in [2.45, 2.75) is 26.3 Å². The summed E-state index contributed by atoms with van der Waals surface area (Å²) >= 11 is 0. The Balaban J connectivity index is 1.82. The van der Waals surface area contributed by atoms with Crippen molar-refractivity contribution in [1.29, 1.82) is 0 Å². The zero-order chi connectivity index (χ0) is 14.4. The molecule has 0 fully saturated rings. The zero-order valence-corrected chi connectivity index (χ0v) is 11.6. The second kappa shape index (κ2) is 6.70. The largest absolute Gasteiger partial charge is 0.399 e. The number of aryl methyl sites for hydroxylation is 2. The van der Waals surface area contributed by atoms with Crippen LogP contribution >= 0.6 is 0 Å². The lowest BCUT2D eigenvalue weighted by Gasteiger charge is -2.08. The number of aromatic nitrogens is 1. The topological polar surface area (TPSA) is 68.0 Å². The van der Waals surface area contributed by atoms with Gasteiger partial charge in [0.15, 0.2) is 0 Å². The molecule has 0 unspecified atom stereocenters. The van der Waals surface area contributed by atoms with Crippen LogP contribution in [-0.2, 0) is 17.8 Å². The molecular formula is C16H19N3O. The van der Waals surface area contributed by atoms with Crippen molar-refractivity contribution in [1.82, 2.24) is 10.3 Å². The van der Waals surface area contributed by atoms with E-state index in [1.54, 1.807) is 12.4 Å². The van der Waals surface area contributed by atoms with Crippen molar-refractivity contribution in [3.63, 3.8) is 0 Å². The highest BCUT2D eigenvalue weighted by Crippen LogP contribution is 2.12. The number of hydrogen-bond acceptors (Lipinski definition) is 3. The van der Waals surface area contributed by atoms with Crippen molar-refractivity contribution in [3.8, 4) is 0 Å². The summed E-state index contributed by atoms with van der Waals surface area (Å²) in [4.78, 5) is 15.9. The number of nitrogens with one attached hydrogen (secondary N) is 1. The lowest BCUT2D eigenvalue weighted by molar-refractivity contribution is -0.121. The van der Waals surface area contributed by atoms with Gasteiger partial charge in [-0.1, -0.05) is 18.2 Å². The molecule has 4 heteroatoms. The molecule has 1 aromatic carbocycles. The molecule has 0 saturated heterocycles. The van der Waals surface area contributed by atoms with Gasteiger partial charge in [-0.25, -0.2) is 0 Å². The maximum atomic E-state index is 11.8. The third-order valence-corrected chi connectivity index (χ3v) is 3.29. The van der Waals surface area contributed by atoms with Gasteiger partial charge in [-0.15, -0.1) is 0 Å². The fraction of sp³-hybridized carbons (Fsp3) is 0.250. The van der Waals surface area contributed by atoms with Gasteiger partial charge in [-0.2, -0.15) is 0 Å². The second-order valence-electron chi connectivity index (χ2n) is 4.78. The second-order valence-corrected chi connectivity index (χ2v) is 4.78. The molecule has 104 valence electrons. The molecule has 0 bridgehead atoms. The number of benzene rings is 1. The van der Waals surface area contributed by atoms with E-state index >= 15 is 0 Å². The third-order valence-electron chi connectivity index (χ3n) is 3.29. The standard InChI is InChI=1S/C16H19N3O/c1-12-10-18-9-8-14(12)11-19-16(20)7-6-13-4-2-3-5-15(13)17/h2-5,8-10H,6-7,11,17H2,1H3,(H,19,20). The molecule has 2 rings (SSSR count). The number of carbonyl (C=O) groups excluding carboxylic acids is 1. The quantitative estimate of drug-likeness (QED) is 0.818. The molecule has 20 heavy (non-hydrogen) atoms. The molecule has 0 radical (unpaired) electrons. The van der Waals surface area contributed by atoms with E-state index in [2.05, 4.69) is 10.3 Å². The van der Waals surface area contributed by atoms with E-state index in [0.29, 0.717) is 19.4 Å². The van der Waals surface area contributed by atoms with Crippen LogP contribution in [0.2, 0.25) is 0 Å². The Kier molecular flexibility index (Phi) is 4.71. The molecular weight excluding hydrogens is 250 g/mol. The van der Waals surface area contributed by atoms with E-state index in [-0.39, 0.29) is 5.91 Å². The number of nitrogen functional groups attached to an aromatic ring is 1. The summed E-state index contributed by atoms with van der Waals surface area (Å²) in [5.41, 5.74) is 9.78. The Morgan fingerprint density at radius 2 is 2.05 bits per heavy atom. The number of carbonyl (C=O) groups is 1. The predicted molar refractivity (Wildman–Crippen MR) is 80.0 cm³/mol. The van der Waals surface area contributed by atoms with E-state index < -0.39 is 0 Å². The minimum atomic E-state index is 0.0319. The minimum absolute atomic E-state index is 0.0319. The van der Waals surface area contributed by atoms with E-state index in [0.717, 1.165) is 22.4 Å². The van der Waals surface area contributed by atoms with Crippen LogP contribution in [0.5, 0.6) is 0 Å². The number of pyridine rings is 1. The number of hydrogen-bond donors (Lipinski definition) is 2. The van der Waals surface area contributed by atoms with Crippen LogP contribution in [-0.4, -0.2) is 10.9 Å². The smallest absolute Gasteiger partial charge is 0.220 e. The fourth-order valence-electron chi connectivity index (χ4n) is 1.99. The highest BCUT2D eigenvalue weighted by Gasteiger charge is 2.05. The van der Waals surface area contributed by atoms with Crippen LogP contribution in [0.3, 0.4) is 0 Å². The Hall–Kier alpha value is -2.36. The van der Waals surface area contributed by atoms with Gasteiger partial charge in [0.1, 0.15) is 0 Å². The van der Waals surface area contributed by atoms with Crippen LogP contribution in [0.1, 0.15) is 23.1 Å². The summed E-state index contributed by atoms with van der Waals surface area (Å²) in [5, 5.41) is 2.92. The molecule has 1 heterocycles. The van der Waals surface area contributed by atoms with Gasteiger partial charge in [0.2, 0.25) is 5.91 Å². The third kappa shape index (κ3) is 3.82. The molecule has 0 spiro atoms. The first-order chi connectivity index (χ1) is 9.66. The van der Waals surface area contributed by atoms with E-state index in [9.17, 15) is 4.79 Å². The number of amides is 1. The number of nitrogens with zero attached hydrogens (tertiary/aromatic N) is 1. The number of nitrogens with two attached hydrogens (primary N) is 1. The Labute approximate surface area is 119 Å². The summed E-state index contributed by atoms with van der Waals surface area (Å²) in [7, 11) is 0. The lowest BCUT2D eigenvalue weighted by atomic mass is 10.1. The van der Waals surface area contributed by atoms with E-state index in [1.165, 1.54) is 0 Å². The van der Waals surface area contributed by atoms with Crippen LogP contribution < -0.4 is 11.1 Å². The first-order valence-corrected chi connectivity index (χ1v) is 6.66.